The van der Waals surface area contributed by atoms with Crippen LogP contribution in [-0.4, -0.2) is 17.4 Å². The molecule has 0 aliphatic carbocycles. The molecule has 0 unspecified atom stereocenters. The Kier molecular flexibility index (Phi) is 6.45. The molecule has 132 valence electrons. The van der Waals surface area contributed by atoms with Gasteiger partial charge in [0.15, 0.2) is 0 Å². The molecule has 0 spiro atoms. The van der Waals surface area contributed by atoms with Crippen LogP contribution in [0.3, 0.4) is 0 Å². The molecule has 0 radical (unpaired) electrons. The summed E-state index contributed by atoms with van der Waals surface area (Å²) in [6.45, 7) is 2.05. The highest BCUT2D eigenvalue weighted by molar-refractivity contribution is 5.93. The first-order chi connectivity index (χ1) is 12.0. The average molecular weight is 345 g/mol. The summed E-state index contributed by atoms with van der Waals surface area (Å²) < 4.78 is 13.3. The van der Waals surface area contributed by atoms with E-state index in [-0.39, 0.29) is 12.5 Å². The highest BCUT2D eigenvalue weighted by atomic mass is 19.1. The van der Waals surface area contributed by atoms with E-state index in [9.17, 15) is 19.3 Å². The molecular weight excluding hydrogens is 325 g/mol. The molecule has 0 aliphatic heterocycles. The van der Waals surface area contributed by atoms with Gasteiger partial charge in [0, 0.05) is 17.4 Å². The van der Waals surface area contributed by atoms with E-state index in [0.717, 1.165) is 31.4 Å². The number of nitrogens with one attached hydrogen (secondary N) is 2. The number of carbonyl (C=O) groups is 1. The third kappa shape index (κ3) is 5.56. The number of rotatable bonds is 8. The predicted octanol–water partition coefficient (Wildman–Crippen LogP) is 4.13. The number of hydrogen-bond acceptors (Lipinski definition) is 4. The Bertz CT molecular complexity index is 748. The Balaban J connectivity index is 1.88. The van der Waals surface area contributed by atoms with Gasteiger partial charge < -0.3 is 10.6 Å². The third-order valence-corrected chi connectivity index (χ3v) is 3.65. The summed E-state index contributed by atoms with van der Waals surface area (Å²) in [4.78, 5) is 21.8. The predicted molar refractivity (Wildman–Crippen MR) is 95.2 cm³/mol. The van der Waals surface area contributed by atoms with Gasteiger partial charge in [-0.05, 0) is 42.7 Å². The Morgan fingerprint density at radius 1 is 1.16 bits per heavy atom. The molecule has 0 saturated carbocycles. The Morgan fingerprint density at radius 2 is 1.84 bits per heavy atom. The molecule has 0 aliphatic rings. The fraction of sp³-hybridized carbons (Fsp3) is 0.278. The van der Waals surface area contributed by atoms with Gasteiger partial charge in [0.05, 0.1) is 11.5 Å². The van der Waals surface area contributed by atoms with E-state index in [2.05, 4.69) is 17.6 Å². The number of halogens is 1. The van der Waals surface area contributed by atoms with E-state index in [0.29, 0.717) is 11.4 Å². The van der Waals surface area contributed by atoms with Crippen molar-refractivity contribution < 1.29 is 14.1 Å². The van der Waals surface area contributed by atoms with Crippen LogP contribution in [0.15, 0.2) is 42.5 Å². The van der Waals surface area contributed by atoms with Crippen LogP contribution in [-0.2, 0) is 11.2 Å². The highest BCUT2D eigenvalue weighted by Crippen LogP contribution is 2.21. The van der Waals surface area contributed by atoms with Crippen molar-refractivity contribution >= 4 is 23.0 Å². The second-order valence-electron chi connectivity index (χ2n) is 5.63. The van der Waals surface area contributed by atoms with E-state index in [1.165, 1.54) is 11.6 Å². The van der Waals surface area contributed by atoms with Crippen LogP contribution in [0.2, 0.25) is 0 Å². The Hall–Kier alpha value is -2.96. The van der Waals surface area contributed by atoms with Gasteiger partial charge in [0.1, 0.15) is 0 Å². The monoisotopic (exact) mass is 345 g/mol. The molecule has 25 heavy (non-hydrogen) atoms. The minimum absolute atomic E-state index is 0.0830. The standard InChI is InChI=1S/C18H20FN3O3/c1-2-3-4-13-5-7-14(8-6-13)21-18(23)12-20-15-9-10-16(19)17(11-15)22(24)25/h5-11,20H,2-4,12H2,1H3,(H,21,23). The number of nitrogens with zero attached hydrogens (tertiary/aromatic N) is 1. The number of unbranched alkanes of at least 4 members (excludes halogenated alkanes) is 1. The van der Waals surface area contributed by atoms with Crippen LogP contribution in [0.5, 0.6) is 0 Å². The number of aryl methyl sites for hydroxylation is 1. The van der Waals surface area contributed by atoms with Crippen LogP contribution < -0.4 is 10.6 Å². The SMILES string of the molecule is CCCCc1ccc(NC(=O)CNc2ccc(F)c([N+](=O)[O-])c2)cc1. The van der Waals surface area contributed by atoms with Gasteiger partial charge in [-0.15, -0.1) is 0 Å². The average Bonchev–Trinajstić information content (AvgIpc) is 2.60. The van der Waals surface area contributed by atoms with Crippen molar-refractivity contribution in [2.45, 2.75) is 26.2 Å². The molecule has 0 aromatic heterocycles. The number of hydrogen-bond donors (Lipinski definition) is 2. The first-order valence-electron chi connectivity index (χ1n) is 8.06. The fourth-order valence-corrected chi connectivity index (χ4v) is 2.29. The lowest BCUT2D eigenvalue weighted by Gasteiger charge is -2.09. The van der Waals surface area contributed by atoms with Crippen molar-refractivity contribution in [1.29, 1.82) is 0 Å². The van der Waals surface area contributed by atoms with Crippen molar-refractivity contribution in [1.82, 2.24) is 0 Å². The molecular formula is C18H20FN3O3. The van der Waals surface area contributed by atoms with Crippen molar-refractivity contribution in [2.24, 2.45) is 0 Å². The van der Waals surface area contributed by atoms with Crippen LogP contribution in [0, 0.1) is 15.9 Å². The van der Waals surface area contributed by atoms with Gasteiger partial charge in [-0.3, -0.25) is 14.9 Å². The number of amides is 1. The summed E-state index contributed by atoms with van der Waals surface area (Å²) in [6, 6.07) is 11.0. The molecule has 0 heterocycles. The van der Waals surface area contributed by atoms with Crippen LogP contribution in [0.4, 0.5) is 21.5 Å². The number of anilines is 2. The molecule has 2 aromatic rings. The topological polar surface area (TPSA) is 84.3 Å². The molecule has 6 nitrogen and oxygen atoms in total. The lowest BCUT2D eigenvalue weighted by atomic mass is 10.1. The first kappa shape index (κ1) is 18.4. The zero-order valence-corrected chi connectivity index (χ0v) is 13.9. The lowest BCUT2D eigenvalue weighted by Crippen LogP contribution is -2.21. The quantitative estimate of drug-likeness (QED) is 0.556. The van der Waals surface area contributed by atoms with Crippen LogP contribution in [0.1, 0.15) is 25.3 Å². The summed E-state index contributed by atoms with van der Waals surface area (Å²) in [6.07, 6.45) is 3.26. The zero-order chi connectivity index (χ0) is 18.2. The van der Waals surface area contributed by atoms with Gasteiger partial charge in [0.2, 0.25) is 11.7 Å². The normalized spacial score (nSPS) is 10.3. The summed E-state index contributed by atoms with van der Waals surface area (Å²) >= 11 is 0. The largest absolute Gasteiger partial charge is 0.376 e. The van der Waals surface area contributed by atoms with Gasteiger partial charge in [-0.2, -0.15) is 4.39 Å². The number of nitro groups is 1. The van der Waals surface area contributed by atoms with Crippen molar-refractivity contribution in [3.05, 3.63) is 64.0 Å². The number of benzene rings is 2. The minimum Gasteiger partial charge on any atom is -0.376 e. The van der Waals surface area contributed by atoms with E-state index >= 15 is 0 Å². The third-order valence-electron chi connectivity index (χ3n) is 3.65. The number of carbonyl (C=O) groups excluding carboxylic acids is 1. The molecule has 0 bridgehead atoms. The maximum atomic E-state index is 13.3. The maximum absolute atomic E-state index is 13.3. The van der Waals surface area contributed by atoms with Crippen LogP contribution in [0.25, 0.3) is 0 Å². The number of nitro benzene ring substituents is 1. The van der Waals surface area contributed by atoms with Crippen molar-refractivity contribution in [3.63, 3.8) is 0 Å². The molecule has 0 fully saturated rings. The second kappa shape index (κ2) is 8.77. The summed E-state index contributed by atoms with van der Waals surface area (Å²) in [5.74, 6) is -1.21. The van der Waals surface area contributed by atoms with Crippen LogP contribution >= 0.6 is 0 Å². The van der Waals surface area contributed by atoms with E-state index < -0.39 is 16.4 Å². The smallest absolute Gasteiger partial charge is 0.306 e. The molecule has 2 N–H and O–H groups in total. The second-order valence-corrected chi connectivity index (χ2v) is 5.63. The summed E-state index contributed by atoms with van der Waals surface area (Å²) in [5.41, 5.74) is 1.57. The minimum atomic E-state index is -0.914. The molecule has 0 atom stereocenters. The van der Waals surface area contributed by atoms with Gasteiger partial charge >= 0.3 is 5.69 Å². The fourth-order valence-electron chi connectivity index (χ4n) is 2.29. The maximum Gasteiger partial charge on any atom is 0.306 e. The zero-order valence-electron chi connectivity index (χ0n) is 13.9. The first-order valence-corrected chi connectivity index (χ1v) is 8.06. The molecule has 2 aromatic carbocycles. The summed E-state index contributed by atoms with van der Waals surface area (Å²) in [5, 5.41) is 16.2. The van der Waals surface area contributed by atoms with Crippen molar-refractivity contribution in [2.75, 3.05) is 17.2 Å². The molecule has 7 heteroatoms. The van der Waals surface area contributed by atoms with Gasteiger partial charge in [-0.1, -0.05) is 25.5 Å². The van der Waals surface area contributed by atoms with Crippen molar-refractivity contribution in [3.8, 4) is 0 Å². The summed E-state index contributed by atoms with van der Waals surface area (Å²) in [7, 11) is 0. The molecule has 0 saturated heterocycles. The molecule has 1 amide bonds. The van der Waals surface area contributed by atoms with Gasteiger partial charge in [-0.25, -0.2) is 0 Å². The Morgan fingerprint density at radius 3 is 2.48 bits per heavy atom. The Labute approximate surface area is 145 Å². The highest BCUT2D eigenvalue weighted by Gasteiger charge is 2.14. The van der Waals surface area contributed by atoms with Gasteiger partial charge in [0.25, 0.3) is 0 Å². The lowest BCUT2D eigenvalue weighted by molar-refractivity contribution is -0.387. The van der Waals surface area contributed by atoms with E-state index in [4.69, 9.17) is 0 Å². The van der Waals surface area contributed by atoms with E-state index in [1.807, 2.05) is 24.3 Å². The molecule has 2 rings (SSSR count). The van der Waals surface area contributed by atoms with E-state index in [1.54, 1.807) is 0 Å².